The predicted molar refractivity (Wildman–Crippen MR) is 94.0 cm³/mol. The van der Waals surface area contributed by atoms with Crippen molar-refractivity contribution < 1.29 is 14.3 Å². The van der Waals surface area contributed by atoms with Crippen molar-refractivity contribution in [1.82, 2.24) is 0 Å². The molecular weight excluding hydrogens is 330 g/mol. The van der Waals surface area contributed by atoms with E-state index >= 15 is 0 Å². The van der Waals surface area contributed by atoms with Gasteiger partial charge < -0.3 is 20.7 Å². The molecular formula is C17H16ClN3O3. The van der Waals surface area contributed by atoms with E-state index in [9.17, 15) is 9.59 Å². The number of benzene rings is 2. The highest BCUT2D eigenvalue weighted by molar-refractivity contribution is 6.31. The summed E-state index contributed by atoms with van der Waals surface area (Å²) in [6, 6.07) is 9.93. The van der Waals surface area contributed by atoms with Gasteiger partial charge in [0, 0.05) is 22.8 Å². The van der Waals surface area contributed by atoms with Crippen LogP contribution < -0.4 is 20.7 Å². The van der Waals surface area contributed by atoms with Gasteiger partial charge in [0.25, 0.3) is 0 Å². The maximum absolute atomic E-state index is 12.2. The number of carbonyl (C=O) groups is 2. The molecule has 2 aromatic carbocycles. The van der Waals surface area contributed by atoms with E-state index in [0.29, 0.717) is 35.0 Å². The van der Waals surface area contributed by atoms with Crippen molar-refractivity contribution in [3.05, 3.63) is 47.0 Å². The molecule has 0 spiro atoms. The van der Waals surface area contributed by atoms with Crippen LogP contribution in [0, 0.1) is 0 Å². The smallest absolute Gasteiger partial charge is 0.323 e. The van der Waals surface area contributed by atoms with Crippen molar-refractivity contribution in [2.24, 2.45) is 0 Å². The molecule has 3 N–H and O–H groups in total. The lowest BCUT2D eigenvalue weighted by Crippen LogP contribution is -2.21. The number of ether oxygens (including phenoxy) is 1. The van der Waals surface area contributed by atoms with E-state index in [2.05, 4.69) is 16.0 Å². The zero-order valence-corrected chi connectivity index (χ0v) is 13.7. The van der Waals surface area contributed by atoms with E-state index in [4.69, 9.17) is 16.3 Å². The van der Waals surface area contributed by atoms with Gasteiger partial charge in [-0.1, -0.05) is 11.6 Å². The van der Waals surface area contributed by atoms with E-state index < -0.39 is 6.03 Å². The molecule has 0 bridgehead atoms. The minimum atomic E-state index is -0.407. The van der Waals surface area contributed by atoms with Gasteiger partial charge in [-0.15, -0.1) is 0 Å². The molecule has 7 heteroatoms. The number of methoxy groups -OCH3 is 1. The van der Waals surface area contributed by atoms with Crippen molar-refractivity contribution in [2.45, 2.75) is 12.8 Å². The number of halogens is 1. The third-order valence-electron chi connectivity index (χ3n) is 3.67. The SMILES string of the molecule is COc1ccc(Cl)cc1NC(=O)Nc1ccc2c(c1)CCC(=O)N2. The first-order valence-electron chi connectivity index (χ1n) is 7.39. The third-order valence-corrected chi connectivity index (χ3v) is 3.90. The number of hydrogen-bond donors (Lipinski definition) is 3. The van der Waals surface area contributed by atoms with Gasteiger partial charge in [-0.3, -0.25) is 4.79 Å². The summed E-state index contributed by atoms with van der Waals surface area (Å²) in [5.74, 6) is 0.525. The Morgan fingerprint density at radius 3 is 2.79 bits per heavy atom. The third kappa shape index (κ3) is 3.60. The van der Waals surface area contributed by atoms with Gasteiger partial charge in [-0.25, -0.2) is 4.79 Å². The van der Waals surface area contributed by atoms with Crippen LogP contribution in [0.25, 0.3) is 0 Å². The fourth-order valence-electron chi connectivity index (χ4n) is 2.52. The number of aryl methyl sites for hydroxylation is 1. The highest BCUT2D eigenvalue weighted by atomic mass is 35.5. The van der Waals surface area contributed by atoms with Crippen LogP contribution in [-0.4, -0.2) is 19.0 Å². The second-order valence-electron chi connectivity index (χ2n) is 5.34. The van der Waals surface area contributed by atoms with Crippen molar-refractivity contribution in [3.8, 4) is 5.75 Å². The van der Waals surface area contributed by atoms with Crippen molar-refractivity contribution in [1.29, 1.82) is 0 Å². The molecule has 0 fully saturated rings. The summed E-state index contributed by atoms with van der Waals surface area (Å²) >= 11 is 5.95. The molecule has 6 nitrogen and oxygen atoms in total. The minimum Gasteiger partial charge on any atom is -0.495 e. The molecule has 2 aromatic rings. The predicted octanol–water partition coefficient (Wildman–Crippen LogP) is 3.88. The second-order valence-corrected chi connectivity index (χ2v) is 5.78. The Morgan fingerprint density at radius 2 is 2.00 bits per heavy atom. The fraction of sp³-hybridized carbons (Fsp3) is 0.176. The summed E-state index contributed by atoms with van der Waals surface area (Å²) < 4.78 is 5.19. The summed E-state index contributed by atoms with van der Waals surface area (Å²) in [4.78, 5) is 23.6. The summed E-state index contributed by atoms with van der Waals surface area (Å²) in [5.41, 5.74) is 2.90. The summed E-state index contributed by atoms with van der Waals surface area (Å²) in [6.45, 7) is 0. The standard InChI is InChI=1S/C17H16ClN3O3/c1-24-15-6-3-11(18)9-14(15)21-17(23)19-12-4-5-13-10(8-12)2-7-16(22)20-13/h3-6,8-9H,2,7H2,1H3,(H,20,22)(H2,19,21,23). The number of rotatable bonds is 3. The zero-order chi connectivity index (χ0) is 17.1. The largest absolute Gasteiger partial charge is 0.495 e. The first-order chi connectivity index (χ1) is 11.5. The van der Waals surface area contributed by atoms with Gasteiger partial charge in [-0.2, -0.15) is 0 Å². The number of fused-ring (bicyclic) bond motifs is 1. The van der Waals surface area contributed by atoms with E-state index in [1.54, 1.807) is 30.3 Å². The molecule has 1 aliphatic heterocycles. The van der Waals surface area contributed by atoms with Crippen molar-refractivity contribution in [2.75, 3.05) is 23.1 Å². The van der Waals surface area contributed by atoms with Crippen LogP contribution >= 0.6 is 11.6 Å². The quantitative estimate of drug-likeness (QED) is 0.789. The van der Waals surface area contributed by atoms with E-state index in [-0.39, 0.29) is 5.91 Å². The Hall–Kier alpha value is -2.73. The lowest BCUT2D eigenvalue weighted by atomic mass is 10.0. The van der Waals surface area contributed by atoms with Gasteiger partial charge in [0.15, 0.2) is 0 Å². The maximum atomic E-state index is 12.2. The number of nitrogens with one attached hydrogen (secondary N) is 3. The lowest BCUT2D eigenvalue weighted by Gasteiger charge is -2.18. The second kappa shape index (κ2) is 6.80. The molecule has 1 heterocycles. The molecule has 0 saturated heterocycles. The number of urea groups is 1. The maximum Gasteiger partial charge on any atom is 0.323 e. The van der Waals surface area contributed by atoms with Crippen LogP contribution in [0.5, 0.6) is 5.75 Å². The van der Waals surface area contributed by atoms with Crippen LogP contribution in [-0.2, 0) is 11.2 Å². The molecule has 0 saturated carbocycles. The Bertz CT molecular complexity index is 808. The van der Waals surface area contributed by atoms with Gasteiger partial charge >= 0.3 is 6.03 Å². The van der Waals surface area contributed by atoms with Crippen LogP contribution in [0.4, 0.5) is 21.9 Å². The van der Waals surface area contributed by atoms with Crippen LogP contribution in [0.1, 0.15) is 12.0 Å². The van der Waals surface area contributed by atoms with E-state index in [1.165, 1.54) is 7.11 Å². The van der Waals surface area contributed by atoms with Gasteiger partial charge in [-0.05, 0) is 48.4 Å². The monoisotopic (exact) mass is 345 g/mol. The van der Waals surface area contributed by atoms with Crippen LogP contribution in [0.3, 0.4) is 0 Å². The molecule has 124 valence electrons. The molecule has 0 unspecified atom stereocenters. The Labute approximate surface area is 144 Å². The molecule has 0 aromatic heterocycles. The number of anilines is 3. The first-order valence-corrected chi connectivity index (χ1v) is 7.77. The number of carbonyl (C=O) groups excluding carboxylic acids is 2. The van der Waals surface area contributed by atoms with Gasteiger partial charge in [0.05, 0.1) is 12.8 Å². The Kier molecular flexibility index (Phi) is 4.57. The molecule has 0 radical (unpaired) electrons. The average Bonchev–Trinajstić information content (AvgIpc) is 2.55. The molecule has 1 aliphatic rings. The lowest BCUT2D eigenvalue weighted by molar-refractivity contribution is -0.116. The number of hydrogen-bond acceptors (Lipinski definition) is 3. The van der Waals surface area contributed by atoms with E-state index in [0.717, 1.165) is 11.3 Å². The summed E-state index contributed by atoms with van der Waals surface area (Å²) in [7, 11) is 1.52. The average molecular weight is 346 g/mol. The first kappa shape index (κ1) is 16.1. The van der Waals surface area contributed by atoms with Crippen molar-refractivity contribution in [3.63, 3.8) is 0 Å². The highest BCUT2D eigenvalue weighted by Gasteiger charge is 2.15. The van der Waals surface area contributed by atoms with Gasteiger partial charge in [0.2, 0.25) is 5.91 Å². The minimum absolute atomic E-state index is 0.00834. The molecule has 3 rings (SSSR count). The molecule has 0 atom stereocenters. The zero-order valence-electron chi connectivity index (χ0n) is 13.0. The summed E-state index contributed by atoms with van der Waals surface area (Å²) in [6.07, 6.45) is 1.10. The van der Waals surface area contributed by atoms with Crippen LogP contribution in [0.2, 0.25) is 5.02 Å². The van der Waals surface area contributed by atoms with Crippen molar-refractivity contribution >= 4 is 40.6 Å². The topological polar surface area (TPSA) is 79.5 Å². The Morgan fingerprint density at radius 1 is 1.17 bits per heavy atom. The fourth-order valence-corrected chi connectivity index (χ4v) is 2.70. The van der Waals surface area contributed by atoms with Gasteiger partial charge in [0.1, 0.15) is 5.75 Å². The highest BCUT2D eigenvalue weighted by Crippen LogP contribution is 2.28. The van der Waals surface area contributed by atoms with E-state index in [1.807, 2.05) is 6.07 Å². The summed E-state index contributed by atoms with van der Waals surface area (Å²) in [5, 5.41) is 8.77. The number of amides is 3. The molecule has 24 heavy (non-hydrogen) atoms. The van der Waals surface area contributed by atoms with Crippen LogP contribution in [0.15, 0.2) is 36.4 Å². The molecule has 3 amide bonds. The normalized spacial score (nSPS) is 12.8. The Balaban J connectivity index is 1.71. The molecule has 0 aliphatic carbocycles.